The number of rotatable bonds is 5. The highest BCUT2D eigenvalue weighted by atomic mass is 32.1. The molecular formula is C51H31N5S. The summed E-state index contributed by atoms with van der Waals surface area (Å²) in [7, 11) is 0. The molecule has 0 amide bonds. The van der Waals surface area contributed by atoms with Crippen molar-refractivity contribution in [2.24, 2.45) is 0 Å². The van der Waals surface area contributed by atoms with Gasteiger partial charge in [-0.2, -0.15) is 0 Å². The SMILES string of the molecule is c1ccc(-c2nc(-c3ccccc3)nc(-c3cccc4c3c3ccc5sc6cccc(-n7c8ccccc8c8ccccc87)c6c5c3n4-c3ccccc3)n2)cc1. The van der Waals surface area contributed by atoms with Crippen molar-refractivity contribution in [3.8, 4) is 45.5 Å². The Morgan fingerprint density at radius 1 is 0.351 bits per heavy atom. The summed E-state index contributed by atoms with van der Waals surface area (Å²) in [6.07, 6.45) is 0. The number of aromatic nitrogens is 5. The van der Waals surface area contributed by atoms with E-state index in [1.54, 1.807) is 0 Å². The average molecular weight is 746 g/mol. The Labute approximate surface area is 331 Å². The molecule has 0 N–H and O–H groups in total. The van der Waals surface area contributed by atoms with Gasteiger partial charge in [-0.05, 0) is 48.5 Å². The molecule has 12 rings (SSSR count). The predicted octanol–water partition coefficient (Wildman–Crippen LogP) is 13.4. The highest BCUT2D eigenvalue weighted by Gasteiger charge is 2.24. The van der Waals surface area contributed by atoms with Gasteiger partial charge >= 0.3 is 0 Å². The lowest BCUT2D eigenvalue weighted by molar-refractivity contribution is 1.08. The minimum atomic E-state index is 0.640. The zero-order chi connectivity index (χ0) is 37.5. The molecule has 0 aliphatic carbocycles. The molecule has 6 heteroatoms. The number of thiophene rings is 1. The summed E-state index contributed by atoms with van der Waals surface area (Å²) < 4.78 is 7.40. The molecule has 266 valence electrons. The van der Waals surface area contributed by atoms with Crippen molar-refractivity contribution in [3.05, 3.63) is 188 Å². The molecule has 0 aliphatic heterocycles. The smallest absolute Gasteiger partial charge is 0.164 e. The van der Waals surface area contributed by atoms with E-state index in [1.165, 1.54) is 53.2 Å². The topological polar surface area (TPSA) is 48.5 Å². The van der Waals surface area contributed by atoms with Gasteiger partial charge in [0.2, 0.25) is 0 Å². The first kappa shape index (κ1) is 31.9. The van der Waals surface area contributed by atoms with E-state index in [9.17, 15) is 0 Å². The normalized spacial score (nSPS) is 11.9. The van der Waals surface area contributed by atoms with Crippen LogP contribution in [0.1, 0.15) is 0 Å². The van der Waals surface area contributed by atoms with Crippen LogP contribution < -0.4 is 0 Å². The van der Waals surface area contributed by atoms with Crippen LogP contribution in [0.5, 0.6) is 0 Å². The predicted molar refractivity (Wildman–Crippen MR) is 238 cm³/mol. The van der Waals surface area contributed by atoms with Crippen LogP contribution in [-0.4, -0.2) is 24.1 Å². The maximum atomic E-state index is 5.21. The first-order valence-corrected chi connectivity index (χ1v) is 19.9. The fourth-order valence-corrected chi connectivity index (χ4v) is 9.90. The lowest BCUT2D eigenvalue weighted by Crippen LogP contribution is -2.00. The molecule has 4 aromatic heterocycles. The van der Waals surface area contributed by atoms with Crippen LogP contribution in [0.2, 0.25) is 0 Å². The highest BCUT2D eigenvalue weighted by molar-refractivity contribution is 7.26. The van der Waals surface area contributed by atoms with Crippen molar-refractivity contribution in [3.63, 3.8) is 0 Å². The zero-order valence-corrected chi connectivity index (χ0v) is 31.4. The summed E-state index contributed by atoms with van der Waals surface area (Å²) in [5.74, 6) is 1.93. The quantitative estimate of drug-likeness (QED) is 0.176. The largest absolute Gasteiger partial charge is 0.309 e. The van der Waals surface area contributed by atoms with Crippen molar-refractivity contribution < 1.29 is 0 Å². The average Bonchev–Trinajstić information content (AvgIpc) is 3.95. The molecule has 0 aliphatic rings. The number of hydrogen-bond acceptors (Lipinski definition) is 4. The van der Waals surface area contributed by atoms with Crippen LogP contribution in [0.25, 0.3) is 109 Å². The third-order valence-electron chi connectivity index (χ3n) is 11.2. The summed E-state index contributed by atoms with van der Waals surface area (Å²) >= 11 is 1.85. The highest BCUT2D eigenvalue weighted by Crippen LogP contribution is 2.47. The van der Waals surface area contributed by atoms with Gasteiger partial charge in [0, 0.05) is 64.1 Å². The number of nitrogens with zero attached hydrogens (tertiary/aromatic N) is 5. The maximum Gasteiger partial charge on any atom is 0.164 e. The Kier molecular flexibility index (Phi) is 7.03. The van der Waals surface area contributed by atoms with Gasteiger partial charge in [0.05, 0.1) is 27.8 Å². The van der Waals surface area contributed by atoms with Crippen molar-refractivity contribution in [1.82, 2.24) is 24.1 Å². The first-order valence-electron chi connectivity index (χ1n) is 19.1. The molecule has 4 heterocycles. The Morgan fingerprint density at radius 3 is 1.56 bits per heavy atom. The maximum absolute atomic E-state index is 5.21. The van der Waals surface area contributed by atoms with Crippen LogP contribution >= 0.6 is 11.3 Å². The number of hydrogen-bond donors (Lipinski definition) is 0. The van der Waals surface area contributed by atoms with E-state index in [0.29, 0.717) is 17.5 Å². The van der Waals surface area contributed by atoms with Gasteiger partial charge in [-0.3, -0.25) is 0 Å². The molecule has 0 saturated carbocycles. The lowest BCUT2D eigenvalue weighted by atomic mass is 10.0. The molecule has 12 aromatic rings. The van der Waals surface area contributed by atoms with Crippen molar-refractivity contribution in [2.75, 3.05) is 0 Å². The molecule has 0 spiro atoms. The van der Waals surface area contributed by atoms with Crippen LogP contribution in [-0.2, 0) is 0 Å². The van der Waals surface area contributed by atoms with Crippen molar-refractivity contribution in [2.45, 2.75) is 0 Å². The molecule has 8 aromatic carbocycles. The Hall–Kier alpha value is -7.41. The minimum absolute atomic E-state index is 0.640. The van der Waals surface area contributed by atoms with E-state index in [4.69, 9.17) is 15.0 Å². The molecule has 5 nitrogen and oxygen atoms in total. The number of benzene rings is 8. The number of fused-ring (bicyclic) bond motifs is 10. The van der Waals surface area contributed by atoms with Crippen LogP contribution in [0.3, 0.4) is 0 Å². The molecule has 0 radical (unpaired) electrons. The fourth-order valence-electron chi connectivity index (χ4n) is 8.77. The Morgan fingerprint density at radius 2 is 0.895 bits per heavy atom. The van der Waals surface area contributed by atoms with E-state index in [-0.39, 0.29) is 0 Å². The summed E-state index contributed by atoms with van der Waals surface area (Å²) in [4.78, 5) is 15.4. The zero-order valence-electron chi connectivity index (χ0n) is 30.5. The van der Waals surface area contributed by atoms with Crippen LogP contribution in [0.15, 0.2) is 188 Å². The van der Waals surface area contributed by atoms with Crippen LogP contribution in [0, 0.1) is 0 Å². The number of para-hydroxylation sites is 3. The second-order valence-corrected chi connectivity index (χ2v) is 15.4. The Bertz CT molecular complexity index is 3400. The van der Waals surface area contributed by atoms with Gasteiger partial charge in [0.25, 0.3) is 0 Å². The second kappa shape index (κ2) is 12.6. The van der Waals surface area contributed by atoms with Gasteiger partial charge in [-0.1, -0.05) is 140 Å². The minimum Gasteiger partial charge on any atom is -0.309 e. The summed E-state index contributed by atoms with van der Waals surface area (Å²) in [5, 5.41) is 7.24. The van der Waals surface area contributed by atoms with Gasteiger partial charge < -0.3 is 9.13 Å². The summed E-state index contributed by atoms with van der Waals surface area (Å²) in [6, 6.07) is 66.5. The molecule has 57 heavy (non-hydrogen) atoms. The third-order valence-corrected chi connectivity index (χ3v) is 12.3. The van der Waals surface area contributed by atoms with Gasteiger partial charge in [-0.25, -0.2) is 15.0 Å². The van der Waals surface area contributed by atoms with Gasteiger partial charge in [-0.15, -0.1) is 11.3 Å². The van der Waals surface area contributed by atoms with E-state index in [2.05, 4.69) is 161 Å². The van der Waals surface area contributed by atoms with E-state index in [1.807, 2.05) is 47.7 Å². The van der Waals surface area contributed by atoms with Gasteiger partial charge in [0.15, 0.2) is 17.5 Å². The third kappa shape index (κ3) is 4.84. The van der Waals surface area contributed by atoms with E-state index < -0.39 is 0 Å². The summed E-state index contributed by atoms with van der Waals surface area (Å²) in [6.45, 7) is 0. The van der Waals surface area contributed by atoms with Crippen LogP contribution in [0.4, 0.5) is 0 Å². The standard InChI is InChI=1S/C51H31N5S/c1-4-16-32(17-5-1)49-52-50(33-18-6-2-7-19-33)54-51(53-49)38-24-14-27-41-45(38)37-30-31-44-47(48(37)55(41)34-20-8-3-9-21-34)46-42(28-15-29-43(46)57-44)56-39-25-12-10-22-35(39)36-23-11-13-26-40(36)56/h1-31H. The first-order chi connectivity index (χ1) is 28.3. The summed E-state index contributed by atoms with van der Waals surface area (Å²) in [5.41, 5.74) is 9.78. The van der Waals surface area contributed by atoms with Crippen molar-refractivity contribution >= 4 is 75.1 Å². The molecule has 0 fully saturated rings. The second-order valence-electron chi connectivity index (χ2n) is 14.4. The van der Waals surface area contributed by atoms with Gasteiger partial charge in [0.1, 0.15) is 0 Å². The molecule has 0 atom stereocenters. The molecule has 0 saturated heterocycles. The van der Waals surface area contributed by atoms with Crippen molar-refractivity contribution in [1.29, 1.82) is 0 Å². The Balaban J connectivity index is 1.23. The van der Waals surface area contributed by atoms with E-state index in [0.717, 1.165) is 38.7 Å². The monoisotopic (exact) mass is 745 g/mol. The fraction of sp³-hybridized carbons (Fsp3) is 0. The van der Waals surface area contributed by atoms with E-state index >= 15 is 0 Å². The molecule has 0 bridgehead atoms. The molecular weight excluding hydrogens is 715 g/mol. The lowest BCUT2D eigenvalue weighted by Gasteiger charge is -2.12. The molecule has 0 unspecified atom stereocenters.